The first kappa shape index (κ1) is 16.4. The van der Waals surface area contributed by atoms with Crippen LogP contribution in [0.4, 0.5) is 0 Å². The van der Waals surface area contributed by atoms with E-state index in [-0.39, 0.29) is 22.5 Å². The fourth-order valence-electron chi connectivity index (χ4n) is 5.27. The highest BCUT2D eigenvalue weighted by molar-refractivity contribution is 5.58. The molecule has 124 valence electrons. The Morgan fingerprint density at radius 3 is 2.52 bits per heavy atom. The first-order valence-corrected chi connectivity index (χ1v) is 8.33. The molecule has 0 amide bonds. The second-order valence-corrected chi connectivity index (χ2v) is 8.11. The van der Waals surface area contributed by atoms with E-state index in [4.69, 9.17) is 6.42 Å². The normalized spacial score (nSPS) is 35.1. The highest BCUT2D eigenvalue weighted by atomic mass is 16.3. The minimum Gasteiger partial charge on any atom is -0.508 e. The molecule has 1 saturated carbocycles. The zero-order valence-electron chi connectivity index (χ0n) is 14.3. The number of phenolic OH excluding ortho intramolecular Hbond substituents is 1. The zero-order chi connectivity index (χ0) is 17.2. The lowest BCUT2D eigenvalue weighted by Crippen LogP contribution is -2.59. The number of aromatic hydroxyl groups is 1. The van der Waals surface area contributed by atoms with Crippen LogP contribution < -0.4 is 0 Å². The Labute approximate surface area is 138 Å². The maximum Gasteiger partial charge on any atom is 0.120 e. The zero-order valence-corrected chi connectivity index (χ0v) is 14.3. The Balaban J connectivity index is 2.25. The van der Waals surface area contributed by atoms with E-state index in [0.717, 1.165) is 35.1 Å². The minimum absolute atomic E-state index is 0.219. The summed E-state index contributed by atoms with van der Waals surface area (Å²) in [6.45, 7) is 8.05. The van der Waals surface area contributed by atoms with E-state index in [1.165, 1.54) is 0 Å². The molecule has 0 heterocycles. The molecule has 0 radical (unpaired) electrons. The molecule has 3 N–H and O–H groups in total. The Hall–Kier alpha value is -1.50. The maximum absolute atomic E-state index is 10.5. The topological polar surface area (TPSA) is 60.7 Å². The van der Waals surface area contributed by atoms with Crippen LogP contribution in [-0.4, -0.2) is 27.5 Å². The summed E-state index contributed by atoms with van der Waals surface area (Å²) >= 11 is 0. The molecule has 0 aliphatic heterocycles. The molecule has 0 spiro atoms. The number of benzene rings is 1. The molecule has 3 heteroatoms. The van der Waals surface area contributed by atoms with Gasteiger partial charge in [-0.2, -0.15) is 0 Å². The largest absolute Gasteiger partial charge is 0.508 e. The lowest BCUT2D eigenvalue weighted by atomic mass is 9.48. The smallest absolute Gasteiger partial charge is 0.120 e. The van der Waals surface area contributed by atoms with Gasteiger partial charge in [0, 0.05) is 11.1 Å². The van der Waals surface area contributed by atoms with Gasteiger partial charge in [0.15, 0.2) is 0 Å². The molecule has 2 aliphatic rings. The molecule has 1 aromatic carbocycles. The number of hydrogen-bond donors (Lipinski definition) is 3. The number of phenols is 1. The number of aliphatic hydroxyl groups is 2. The minimum atomic E-state index is -0.769. The molecule has 0 unspecified atom stereocenters. The second-order valence-electron chi connectivity index (χ2n) is 8.11. The van der Waals surface area contributed by atoms with Crippen molar-refractivity contribution in [3.63, 3.8) is 0 Å². The maximum atomic E-state index is 10.5. The average molecular weight is 314 g/mol. The van der Waals surface area contributed by atoms with Gasteiger partial charge in [0.25, 0.3) is 0 Å². The van der Waals surface area contributed by atoms with Crippen molar-refractivity contribution in [1.82, 2.24) is 0 Å². The molecule has 0 bridgehead atoms. The molecule has 3 rings (SSSR count). The lowest BCUT2D eigenvalue weighted by molar-refractivity contribution is -0.142. The number of terminal acetylenes is 1. The van der Waals surface area contributed by atoms with Gasteiger partial charge in [0.05, 0.1) is 12.2 Å². The summed E-state index contributed by atoms with van der Waals surface area (Å²) in [6.07, 6.45) is 6.48. The van der Waals surface area contributed by atoms with Crippen LogP contribution in [0.1, 0.15) is 55.9 Å². The molecular weight excluding hydrogens is 288 g/mol. The van der Waals surface area contributed by atoms with Gasteiger partial charge >= 0.3 is 0 Å². The summed E-state index contributed by atoms with van der Waals surface area (Å²) in [5.41, 5.74) is 3.03. The van der Waals surface area contributed by atoms with Crippen molar-refractivity contribution in [1.29, 1.82) is 0 Å². The highest BCUT2D eigenvalue weighted by Crippen LogP contribution is 2.58. The predicted octanol–water partition coefficient (Wildman–Crippen LogP) is 2.65. The number of fused-ring (bicyclic) bond motifs is 3. The predicted molar refractivity (Wildman–Crippen MR) is 90.4 cm³/mol. The monoisotopic (exact) mass is 314 g/mol. The van der Waals surface area contributed by atoms with Crippen LogP contribution in [-0.2, 0) is 11.8 Å². The molecule has 0 aromatic heterocycles. The fourth-order valence-corrected chi connectivity index (χ4v) is 5.27. The van der Waals surface area contributed by atoms with Gasteiger partial charge in [-0.25, -0.2) is 0 Å². The van der Waals surface area contributed by atoms with Gasteiger partial charge in [-0.15, -0.1) is 6.42 Å². The summed E-state index contributed by atoms with van der Waals surface area (Å²) in [4.78, 5) is 0. The van der Waals surface area contributed by atoms with Crippen LogP contribution in [0.5, 0.6) is 5.75 Å². The summed E-state index contributed by atoms with van der Waals surface area (Å²) in [7, 11) is 0. The van der Waals surface area contributed by atoms with Crippen LogP contribution in [0.15, 0.2) is 6.07 Å². The van der Waals surface area contributed by atoms with E-state index in [2.05, 4.69) is 12.8 Å². The molecule has 1 aromatic rings. The van der Waals surface area contributed by atoms with E-state index >= 15 is 0 Å². The molecule has 4 atom stereocenters. The van der Waals surface area contributed by atoms with E-state index in [1.807, 2.05) is 26.8 Å². The molecular formula is C20H26O3. The van der Waals surface area contributed by atoms with Crippen molar-refractivity contribution in [2.24, 2.45) is 11.3 Å². The van der Waals surface area contributed by atoms with Gasteiger partial charge in [-0.05, 0) is 60.1 Å². The third-order valence-corrected chi connectivity index (χ3v) is 6.54. The number of aliphatic hydroxyl groups excluding tert-OH is 2. The third-order valence-electron chi connectivity index (χ3n) is 6.54. The lowest BCUT2D eigenvalue weighted by Gasteiger charge is -2.57. The molecule has 2 aliphatic carbocycles. The van der Waals surface area contributed by atoms with Crippen molar-refractivity contribution >= 4 is 0 Å². The van der Waals surface area contributed by atoms with Gasteiger partial charge in [0.2, 0.25) is 0 Å². The Kier molecular flexibility index (Phi) is 3.55. The van der Waals surface area contributed by atoms with Crippen molar-refractivity contribution in [2.75, 3.05) is 0 Å². The van der Waals surface area contributed by atoms with Gasteiger partial charge in [-0.1, -0.05) is 26.7 Å². The number of hydrogen-bond acceptors (Lipinski definition) is 3. The second kappa shape index (κ2) is 5.00. The molecule has 1 fully saturated rings. The number of rotatable bonds is 0. The van der Waals surface area contributed by atoms with Crippen LogP contribution >= 0.6 is 0 Å². The Morgan fingerprint density at radius 1 is 1.26 bits per heavy atom. The first-order valence-electron chi connectivity index (χ1n) is 8.33. The average Bonchev–Trinajstić information content (AvgIpc) is 2.47. The summed E-state index contributed by atoms with van der Waals surface area (Å²) < 4.78 is 0. The van der Waals surface area contributed by atoms with E-state index in [9.17, 15) is 15.3 Å². The highest BCUT2D eigenvalue weighted by Gasteiger charge is 2.56. The fraction of sp³-hybridized carbons (Fsp3) is 0.600. The quantitative estimate of drug-likeness (QED) is 0.645. The van der Waals surface area contributed by atoms with E-state index in [1.54, 1.807) is 0 Å². The van der Waals surface area contributed by atoms with Gasteiger partial charge in [-0.3, -0.25) is 0 Å². The van der Waals surface area contributed by atoms with Gasteiger partial charge in [0.1, 0.15) is 5.75 Å². The van der Waals surface area contributed by atoms with Crippen molar-refractivity contribution in [2.45, 2.75) is 64.6 Å². The third kappa shape index (κ3) is 2.05. The Morgan fingerprint density at radius 2 is 1.91 bits per heavy atom. The first-order chi connectivity index (χ1) is 10.6. The van der Waals surface area contributed by atoms with Crippen molar-refractivity contribution in [3.05, 3.63) is 28.3 Å². The standard InChI is InChI=1S/C20H26O3/c1-6-12-11(2)15(21)9-14-13(12)7-8-17-19(3,4)18(23)16(22)10-20(14,17)5/h1,9,16-18,21-23H,7-8,10H2,2-5H3/t16-,17-,18-,20+/m1/s1. The van der Waals surface area contributed by atoms with Gasteiger partial charge < -0.3 is 15.3 Å². The summed E-state index contributed by atoms with van der Waals surface area (Å²) in [6, 6.07) is 1.83. The molecule has 0 saturated heterocycles. The van der Waals surface area contributed by atoms with Crippen LogP contribution in [0, 0.1) is 30.6 Å². The summed E-state index contributed by atoms with van der Waals surface area (Å²) in [5, 5.41) is 31.2. The van der Waals surface area contributed by atoms with Crippen LogP contribution in [0.25, 0.3) is 0 Å². The van der Waals surface area contributed by atoms with Crippen molar-refractivity contribution in [3.8, 4) is 18.1 Å². The SMILES string of the molecule is C#Cc1c(C)c(O)cc2c1CC[C@@H]1C(C)(C)[C@H](O)[C@H](O)C[C@@]21C. The van der Waals surface area contributed by atoms with Crippen LogP contribution in [0.2, 0.25) is 0 Å². The molecule has 3 nitrogen and oxygen atoms in total. The summed E-state index contributed by atoms with van der Waals surface area (Å²) in [5.74, 6) is 3.20. The van der Waals surface area contributed by atoms with Crippen LogP contribution in [0.3, 0.4) is 0 Å². The molecule has 23 heavy (non-hydrogen) atoms. The van der Waals surface area contributed by atoms with Crippen molar-refractivity contribution < 1.29 is 15.3 Å². The van der Waals surface area contributed by atoms with E-state index < -0.39 is 12.2 Å². The van der Waals surface area contributed by atoms with E-state index in [0.29, 0.717) is 6.42 Å². The Bertz CT molecular complexity index is 698.